The van der Waals surface area contributed by atoms with E-state index in [0.29, 0.717) is 32.0 Å². The van der Waals surface area contributed by atoms with Gasteiger partial charge in [0.2, 0.25) is 0 Å². The van der Waals surface area contributed by atoms with Crippen molar-refractivity contribution in [3.63, 3.8) is 0 Å². The number of nitriles is 1. The number of halogens is 2. The first-order valence-corrected chi connectivity index (χ1v) is 9.31. The summed E-state index contributed by atoms with van der Waals surface area (Å²) in [6.45, 7) is 5.75. The number of rotatable bonds is 3. The Balaban J connectivity index is 0.000000332. The van der Waals surface area contributed by atoms with Gasteiger partial charge in [-0.1, -0.05) is 0 Å². The molecule has 1 aromatic carbocycles. The van der Waals surface area contributed by atoms with Crippen molar-refractivity contribution in [2.24, 2.45) is 0 Å². The van der Waals surface area contributed by atoms with Gasteiger partial charge in [0.25, 0.3) is 0 Å². The molecule has 2 fully saturated rings. The summed E-state index contributed by atoms with van der Waals surface area (Å²) in [5.41, 5.74) is 1.18. The average molecular weight is 467 g/mol. The fraction of sp³-hybridized carbons (Fsp3) is 0.550. The third-order valence-electron chi connectivity index (χ3n) is 4.63. The van der Waals surface area contributed by atoms with Crippen molar-refractivity contribution < 1.29 is 51.4 Å². The molecule has 0 atom stereocenters. The third-order valence-corrected chi connectivity index (χ3v) is 4.63. The SMILES string of the molecule is CCOC1CC[N-]CC1.N#CC(=C1CCN(O)CC1)c1ccc(F)cc1F.[Y]. The summed E-state index contributed by atoms with van der Waals surface area (Å²) in [5.74, 6) is -1.39. The maximum absolute atomic E-state index is 13.6. The number of allylic oxidation sites excluding steroid dienone is 1. The van der Waals surface area contributed by atoms with Gasteiger partial charge in [-0.25, -0.2) is 8.78 Å². The molecule has 0 bridgehead atoms. The van der Waals surface area contributed by atoms with Gasteiger partial charge in [0.15, 0.2) is 0 Å². The molecular formula is C20H26F2N3O2Y-. The first-order valence-electron chi connectivity index (χ1n) is 9.31. The number of hydrogen-bond donors (Lipinski definition) is 1. The number of piperidine rings is 2. The molecule has 0 spiro atoms. The normalized spacial score (nSPS) is 17.8. The van der Waals surface area contributed by atoms with Gasteiger partial charge in [-0.3, -0.25) is 0 Å². The fourth-order valence-corrected chi connectivity index (χ4v) is 3.17. The molecule has 28 heavy (non-hydrogen) atoms. The van der Waals surface area contributed by atoms with Gasteiger partial charge < -0.3 is 15.3 Å². The van der Waals surface area contributed by atoms with Crippen LogP contribution in [0, 0.1) is 23.0 Å². The van der Waals surface area contributed by atoms with Crippen LogP contribution in [-0.4, -0.2) is 49.2 Å². The standard InChI is InChI=1S/C13H12F2N2O.C7H14NO.Y/c14-10-1-2-11(13(15)7-10)12(8-16)9-3-5-17(18)6-4-9;1-2-9-7-3-5-8-6-4-7;/h1-2,7,18H,3-6H2;7H,2-6H2,1H3;/q;-1;. The first kappa shape index (κ1) is 25.3. The van der Waals surface area contributed by atoms with Crippen molar-refractivity contribution in [2.75, 3.05) is 32.8 Å². The largest absolute Gasteiger partial charge is 0.662 e. The molecule has 1 radical (unpaired) electrons. The zero-order valence-corrected chi connectivity index (χ0v) is 19.0. The van der Waals surface area contributed by atoms with Crippen LogP contribution in [0.25, 0.3) is 10.9 Å². The predicted molar refractivity (Wildman–Crippen MR) is 99.2 cm³/mol. The van der Waals surface area contributed by atoms with Crippen LogP contribution in [0.1, 0.15) is 38.2 Å². The van der Waals surface area contributed by atoms with E-state index in [-0.39, 0.29) is 43.8 Å². The second-order valence-electron chi connectivity index (χ2n) is 6.49. The summed E-state index contributed by atoms with van der Waals surface area (Å²) < 4.78 is 31.9. The molecule has 8 heteroatoms. The van der Waals surface area contributed by atoms with Crippen molar-refractivity contribution in [1.29, 1.82) is 5.26 Å². The molecule has 1 N–H and O–H groups in total. The molecule has 151 valence electrons. The summed E-state index contributed by atoms with van der Waals surface area (Å²) >= 11 is 0. The summed E-state index contributed by atoms with van der Waals surface area (Å²) in [5, 5.41) is 23.8. The van der Waals surface area contributed by atoms with Crippen molar-refractivity contribution in [3.8, 4) is 6.07 Å². The van der Waals surface area contributed by atoms with Crippen molar-refractivity contribution in [3.05, 3.63) is 46.3 Å². The number of nitrogens with zero attached hydrogens (tertiary/aromatic N) is 3. The summed E-state index contributed by atoms with van der Waals surface area (Å²) in [7, 11) is 0. The summed E-state index contributed by atoms with van der Waals surface area (Å²) in [4.78, 5) is 0. The molecule has 2 saturated heterocycles. The van der Waals surface area contributed by atoms with Gasteiger partial charge >= 0.3 is 0 Å². The smallest absolute Gasteiger partial charge is 0.134 e. The minimum absolute atomic E-state index is 0. The Morgan fingerprint density at radius 2 is 1.93 bits per heavy atom. The Morgan fingerprint density at radius 3 is 2.46 bits per heavy atom. The Hall–Kier alpha value is -0.746. The minimum atomic E-state index is -0.731. The van der Waals surface area contributed by atoms with Crippen molar-refractivity contribution >= 4 is 5.57 Å². The van der Waals surface area contributed by atoms with Crippen LogP contribution in [0.15, 0.2) is 23.8 Å². The van der Waals surface area contributed by atoms with Gasteiger partial charge in [-0.15, -0.1) is 13.1 Å². The van der Waals surface area contributed by atoms with Gasteiger partial charge in [-0.05, 0) is 50.3 Å². The quantitative estimate of drug-likeness (QED) is 0.674. The first-order chi connectivity index (χ1) is 13.0. The summed E-state index contributed by atoms with van der Waals surface area (Å²) in [6.07, 6.45) is 3.79. The number of hydrogen-bond acceptors (Lipinski definition) is 4. The third kappa shape index (κ3) is 7.94. The number of ether oxygens (including phenoxy) is 1. The van der Waals surface area contributed by atoms with E-state index in [1.807, 2.05) is 13.0 Å². The van der Waals surface area contributed by atoms with Gasteiger partial charge in [-0.2, -0.15) is 10.3 Å². The fourth-order valence-electron chi connectivity index (χ4n) is 3.17. The predicted octanol–water partition coefficient (Wildman–Crippen LogP) is 4.28. The average Bonchev–Trinajstić information content (AvgIpc) is 2.67. The van der Waals surface area contributed by atoms with Gasteiger partial charge in [0.05, 0.1) is 17.7 Å². The van der Waals surface area contributed by atoms with E-state index in [2.05, 4.69) is 5.32 Å². The van der Waals surface area contributed by atoms with Crippen molar-refractivity contribution in [1.82, 2.24) is 5.06 Å². The van der Waals surface area contributed by atoms with Crippen LogP contribution in [0.5, 0.6) is 0 Å². The molecule has 2 heterocycles. The van der Waals surface area contributed by atoms with E-state index in [9.17, 15) is 14.0 Å². The molecule has 5 nitrogen and oxygen atoms in total. The van der Waals surface area contributed by atoms with Crippen LogP contribution in [0.3, 0.4) is 0 Å². The number of hydroxylamine groups is 2. The topological polar surface area (TPSA) is 70.6 Å². The van der Waals surface area contributed by atoms with E-state index >= 15 is 0 Å². The Labute approximate surface area is 190 Å². The van der Waals surface area contributed by atoms with Crippen molar-refractivity contribution in [2.45, 2.75) is 38.7 Å². The van der Waals surface area contributed by atoms with Crippen LogP contribution in [-0.2, 0) is 37.4 Å². The molecule has 2 aliphatic heterocycles. The molecule has 0 saturated carbocycles. The molecule has 0 aromatic heterocycles. The second kappa shape index (κ2) is 13.5. The van der Waals surface area contributed by atoms with E-state index < -0.39 is 11.6 Å². The van der Waals surface area contributed by atoms with Crippen LogP contribution >= 0.6 is 0 Å². The Morgan fingerprint density at radius 1 is 1.29 bits per heavy atom. The number of benzene rings is 1. The molecule has 1 aromatic rings. The maximum atomic E-state index is 13.6. The Kier molecular flexibility index (Phi) is 12.2. The van der Waals surface area contributed by atoms with Gasteiger partial charge in [0, 0.05) is 64.0 Å². The molecule has 0 aliphatic carbocycles. The summed E-state index contributed by atoms with van der Waals surface area (Å²) in [6, 6.07) is 5.17. The molecule has 0 amide bonds. The molecule has 0 unspecified atom stereocenters. The minimum Gasteiger partial charge on any atom is -0.662 e. The monoisotopic (exact) mass is 467 g/mol. The van der Waals surface area contributed by atoms with Gasteiger partial charge in [0.1, 0.15) is 11.6 Å². The van der Waals surface area contributed by atoms with Crippen LogP contribution < -0.4 is 0 Å². The molecule has 2 aliphatic rings. The molecular weight excluding hydrogens is 441 g/mol. The van der Waals surface area contributed by atoms with E-state index in [4.69, 9.17) is 10.00 Å². The van der Waals surface area contributed by atoms with Crippen LogP contribution in [0.2, 0.25) is 0 Å². The zero-order valence-electron chi connectivity index (χ0n) is 16.2. The van der Waals surface area contributed by atoms with E-state index in [1.165, 1.54) is 11.1 Å². The second-order valence-corrected chi connectivity index (χ2v) is 6.49. The Bertz CT molecular complexity index is 676. The molecule has 3 rings (SSSR count). The van der Waals surface area contributed by atoms with E-state index in [0.717, 1.165) is 50.2 Å². The van der Waals surface area contributed by atoms with E-state index in [1.54, 1.807) is 0 Å². The zero-order chi connectivity index (χ0) is 19.6. The maximum Gasteiger partial charge on any atom is 0.134 e. The van der Waals surface area contributed by atoms with Crippen LogP contribution in [0.4, 0.5) is 8.78 Å².